The van der Waals surface area contributed by atoms with Crippen LogP contribution in [0.2, 0.25) is 0 Å². The van der Waals surface area contributed by atoms with Crippen molar-refractivity contribution in [1.82, 2.24) is 0 Å². The quantitative estimate of drug-likeness (QED) is 0.450. The number of nitrogens with two attached hydrogens (primary N) is 1. The number of hydrogen-bond donors (Lipinski definition) is 2. The van der Waals surface area contributed by atoms with Gasteiger partial charge in [-0.05, 0) is 13.0 Å². The van der Waals surface area contributed by atoms with Crippen molar-refractivity contribution < 1.29 is 24.0 Å². The lowest BCUT2D eigenvalue weighted by Crippen LogP contribution is -2.45. The number of amides is 1. The zero-order valence-corrected chi connectivity index (χ0v) is 13.7. The van der Waals surface area contributed by atoms with Crippen LogP contribution in [0, 0.1) is 21.4 Å². The number of nitrogens with zero attached hydrogens (tertiary/aromatic N) is 2. The third kappa shape index (κ3) is 1.97. The van der Waals surface area contributed by atoms with Crippen LogP contribution in [0.5, 0.6) is 0 Å². The van der Waals surface area contributed by atoms with E-state index in [-0.39, 0.29) is 39.7 Å². The average molecular weight is 356 g/mol. The molecule has 10 nitrogen and oxygen atoms in total. The Hall–Kier alpha value is -3.87. The molecule has 0 unspecified atom stereocenters. The third-order valence-electron chi connectivity index (χ3n) is 4.32. The number of nitrogens with one attached hydrogen (secondary N) is 1. The molecule has 132 valence electrons. The minimum atomic E-state index is -1.99. The molecule has 1 atom stereocenters. The van der Waals surface area contributed by atoms with Gasteiger partial charge in [-0.25, -0.2) is 4.79 Å². The number of carbonyl (C=O) groups is 2. The van der Waals surface area contributed by atoms with Gasteiger partial charge in [0, 0.05) is 23.4 Å². The number of nitriles is 1. The maximum Gasteiger partial charge on any atom is 0.339 e. The number of rotatable bonds is 2. The van der Waals surface area contributed by atoms with Crippen LogP contribution in [0.1, 0.15) is 12.5 Å². The second-order valence-corrected chi connectivity index (χ2v) is 5.57. The minimum Gasteiger partial charge on any atom is -0.466 e. The van der Waals surface area contributed by atoms with Crippen molar-refractivity contribution in [2.75, 3.05) is 12.4 Å². The normalized spacial score (nSPS) is 21.0. The Morgan fingerprint density at radius 1 is 1.50 bits per heavy atom. The summed E-state index contributed by atoms with van der Waals surface area (Å²) in [7, 11) is 1.10. The Kier molecular flexibility index (Phi) is 3.65. The molecule has 0 saturated heterocycles. The molecule has 0 aromatic heterocycles. The number of esters is 1. The topological polar surface area (TPSA) is 158 Å². The number of carbonyl (C=O) groups excluding carboxylic acids is 2. The Morgan fingerprint density at radius 2 is 2.19 bits per heavy atom. The molecular formula is C16H12N4O6. The predicted molar refractivity (Wildman–Crippen MR) is 86.0 cm³/mol. The minimum absolute atomic E-state index is 0.0390. The van der Waals surface area contributed by atoms with Crippen molar-refractivity contribution in [3.05, 3.63) is 56.7 Å². The molecule has 0 radical (unpaired) electrons. The fraction of sp³-hybridized carbons (Fsp3) is 0.188. The lowest BCUT2D eigenvalue weighted by Gasteiger charge is -2.33. The zero-order chi connectivity index (χ0) is 19.2. The van der Waals surface area contributed by atoms with Crippen LogP contribution in [0.25, 0.3) is 0 Å². The maximum absolute atomic E-state index is 13.0. The number of nitro benzene ring substituents is 1. The first kappa shape index (κ1) is 17.0. The SMILES string of the molecule is COC(=O)C1=C(C)OC(N)=C(C#N)[C@@]12C(=O)Nc1ccc([N+](=O)[O-])cc12. The molecule has 0 bridgehead atoms. The summed E-state index contributed by atoms with van der Waals surface area (Å²) >= 11 is 0. The number of benzene rings is 1. The third-order valence-corrected chi connectivity index (χ3v) is 4.32. The van der Waals surface area contributed by atoms with E-state index in [0.717, 1.165) is 13.2 Å². The average Bonchev–Trinajstić information content (AvgIpc) is 2.86. The van der Waals surface area contributed by atoms with Gasteiger partial charge in [0.15, 0.2) is 5.41 Å². The summed E-state index contributed by atoms with van der Waals surface area (Å²) in [6.07, 6.45) is 0. The van der Waals surface area contributed by atoms with Gasteiger partial charge in [0.25, 0.3) is 5.69 Å². The van der Waals surface area contributed by atoms with Gasteiger partial charge >= 0.3 is 5.97 Å². The summed E-state index contributed by atoms with van der Waals surface area (Å²) in [4.78, 5) is 35.9. The fourth-order valence-corrected chi connectivity index (χ4v) is 3.28. The molecule has 2 aliphatic rings. The predicted octanol–water partition coefficient (Wildman–Crippen LogP) is 0.956. The molecule has 10 heteroatoms. The number of hydrogen-bond acceptors (Lipinski definition) is 8. The first-order valence-electron chi connectivity index (χ1n) is 7.27. The second kappa shape index (κ2) is 5.59. The van der Waals surface area contributed by atoms with Crippen LogP contribution < -0.4 is 11.1 Å². The first-order chi connectivity index (χ1) is 12.3. The van der Waals surface area contributed by atoms with Crippen LogP contribution >= 0.6 is 0 Å². The van der Waals surface area contributed by atoms with Gasteiger partial charge in [-0.15, -0.1) is 0 Å². The Labute approximate surface area is 146 Å². The molecular weight excluding hydrogens is 344 g/mol. The van der Waals surface area contributed by atoms with Crippen LogP contribution in [0.3, 0.4) is 0 Å². The Balaban J connectivity index is 2.46. The first-order valence-corrected chi connectivity index (χ1v) is 7.27. The Bertz CT molecular complexity index is 987. The van der Waals surface area contributed by atoms with E-state index in [9.17, 15) is 25.0 Å². The molecule has 3 N–H and O–H groups in total. The number of methoxy groups -OCH3 is 1. The monoisotopic (exact) mass is 356 g/mol. The van der Waals surface area contributed by atoms with Crippen molar-refractivity contribution in [3.63, 3.8) is 0 Å². The number of ether oxygens (including phenoxy) is 2. The van der Waals surface area contributed by atoms with Crippen molar-refractivity contribution in [2.24, 2.45) is 5.73 Å². The highest BCUT2D eigenvalue weighted by Crippen LogP contribution is 2.52. The van der Waals surface area contributed by atoms with Gasteiger partial charge in [-0.3, -0.25) is 14.9 Å². The molecule has 2 heterocycles. The lowest BCUT2D eigenvalue weighted by atomic mass is 9.68. The molecule has 0 fully saturated rings. The number of nitro groups is 1. The highest BCUT2D eigenvalue weighted by Gasteiger charge is 2.60. The van der Waals surface area contributed by atoms with Crippen molar-refractivity contribution in [1.29, 1.82) is 5.26 Å². The highest BCUT2D eigenvalue weighted by molar-refractivity contribution is 6.17. The van der Waals surface area contributed by atoms with Crippen LogP contribution in [-0.2, 0) is 24.5 Å². The molecule has 1 amide bonds. The van der Waals surface area contributed by atoms with E-state index >= 15 is 0 Å². The van der Waals surface area contributed by atoms with E-state index in [1.165, 1.54) is 19.1 Å². The largest absolute Gasteiger partial charge is 0.466 e. The summed E-state index contributed by atoms with van der Waals surface area (Å²) in [5.74, 6) is -2.08. The number of non-ortho nitro benzene ring substituents is 1. The van der Waals surface area contributed by atoms with Gasteiger partial charge in [0.05, 0.1) is 12.0 Å². The smallest absolute Gasteiger partial charge is 0.339 e. The molecule has 1 aromatic carbocycles. The second-order valence-electron chi connectivity index (χ2n) is 5.57. The summed E-state index contributed by atoms with van der Waals surface area (Å²) in [5.41, 5.74) is 3.15. The lowest BCUT2D eigenvalue weighted by molar-refractivity contribution is -0.384. The van der Waals surface area contributed by atoms with E-state index < -0.39 is 22.2 Å². The fourth-order valence-electron chi connectivity index (χ4n) is 3.28. The van der Waals surface area contributed by atoms with Crippen molar-refractivity contribution in [2.45, 2.75) is 12.3 Å². The molecule has 26 heavy (non-hydrogen) atoms. The maximum atomic E-state index is 13.0. The van der Waals surface area contributed by atoms with Gasteiger partial charge < -0.3 is 20.5 Å². The number of fused-ring (bicyclic) bond motifs is 2. The molecule has 3 rings (SSSR count). The van der Waals surface area contributed by atoms with Gasteiger partial charge in [-0.1, -0.05) is 0 Å². The van der Waals surface area contributed by atoms with Crippen LogP contribution in [0.15, 0.2) is 41.0 Å². The molecule has 0 saturated carbocycles. The van der Waals surface area contributed by atoms with E-state index in [2.05, 4.69) is 5.32 Å². The van der Waals surface area contributed by atoms with Crippen molar-refractivity contribution >= 4 is 23.3 Å². The van der Waals surface area contributed by atoms with Crippen LogP contribution in [0.4, 0.5) is 11.4 Å². The number of anilines is 1. The molecule has 1 aromatic rings. The van der Waals surface area contributed by atoms with E-state index in [1.807, 2.05) is 0 Å². The Morgan fingerprint density at radius 3 is 2.77 bits per heavy atom. The van der Waals surface area contributed by atoms with Crippen molar-refractivity contribution in [3.8, 4) is 6.07 Å². The highest BCUT2D eigenvalue weighted by atomic mass is 16.6. The molecule has 0 aliphatic carbocycles. The van der Waals surface area contributed by atoms with Gasteiger partial charge in [0.1, 0.15) is 23.0 Å². The molecule has 2 aliphatic heterocycles. The van der Waals surface area contributed by atoms with Gasteiger partial charge in [-0.2, -0.15) is 5.26 Å². The van der Waals surface area contributed by atoms with E-state index in [4.69, 9.17) is 15.2 Å². The number of allylic oxidation sites excluding steroid dienone is 1. The summed E-state index contributed by atoms with van der Waals surface area (Å²) < 4.78 is 10.0. The van der Waals surface area contributed by atoms with E-state index in [1.54, 1.807) is 6.07 Å². The summed E-state index contributed by atoms with van der Waals surface area (Å²) in [5, 5.41) is 23.3. The zero-order valence-electron chi connectivity index (χ0n) is 13.7. The van der Waals surface area contributed by atoms with E-state index in [0.29, 0.717) is 0 Å². The van der Waals surface area contributed by atoms with Crippen LogP contribution in [-0.4, -0.2) is 23.9 Å². The summed E-state index contributed by atoms with van der Waals surface area (Å²) in [6, 6.07) is 5.44. The standard InChI is InChI=1S/C16H12N4O6/c1-7-12(14(21)25-2)16(10(6-17)13(18)26-7)9-5-8(20(23)24)3-4-11(9)19-15(16)22/h3-5H,18H2,1-2H3,(H,19,22)/t16-/m1/s1. The summed E-state index contributed by atoms with van der Waals surface area (Å²) in [6.45, 7) is 1.39. The van der Waals surface area contributed by atoms with Gasteiger partial charge in [0.2, 0.25) is 11.8 Å². The molecule has 1 spiro atoms.